The molecule has 0 fully saturated rings. The summed E-state index contributed by atoms with van der Waals surface area (Å²) in [5.41, 5.74) is 1.20. The van der Waals surface area contributed by atoms with E-state index in [-0.39, 0.29) is 0 Å². The molecule has 0 N–H and O–H groups in total. The van der Waals surface area contributed by atoms with Crippen LogP contribution in [0.5, 0.6) is 0 Å². The maximum absolute atomic E-state index is 4.49. The van der Waals surface area contributed by atoms with Gasteiger partial charge in [0.2, 0.25) is 0 Å². The van der Waals surface area contributed by atoms with E-state index in [0.717, 1.165) is 11.8 Å². The highest BCUT2D eigenvalue weighted by atomic mass is 79.9. The third-order valence-corrected chi connectivity index (χ3v) is 3.54. The number of alkyl halides is 1. The van der Waals surface area contributed by atoms with E-state index >= 15 is 0 Å². The van der Waals surface area contributed by atoms with Gasteiger partial charge in [-0.15, -0.1) is 11.3 Å². The van der Waals surface area contributed by atoms with Crippen LogP contribution in [0.2, 0.25) is 0 Å². The van der Waals surface area contributed by atoms with Crippen LogP contribution >= 0.6 is 27.3 Å². The Morgan fingerprint density at radius 1 is 1.33 bits per heavy atom. The average Bonchev–Trinajstić information content (AvgIpc) is 2.32. The summed E-state index contributed by atoms with van der Waals surface area (Å²) in [6.45, 7) is 4.22. The molecule has 0 aliphatic heterocycles. The molecule has 0 unspecified atom stereocenters. The molecule has 3 heteroatoms. The number of aromatic nitrogens is 1. The molecule has 1 heterocycles. The van der Waals surface area contributed by atoms with E-state index in [9.17, 15) is 0 Å². The fourth-order valence-electron chi connectivity index (χ4n) is 1.02. The highest BCUT2D eigenvalue weighted by molar-refractivity contribution is 9.09. The highest BCUT2D eigenvalue weighted by Gasteiger charge is 2.02. The Hall–Kier alpha value is 0.110. The van der Waals surface area contributed by atoms with Crippen LogP contribution in [0.1, 0.15) is 28.4 Å². The summed E-state index contributed by atoms with van der Waals surface area (Å²) in [6.07, 6.45) is 3.64. The Bertz CT molecular complexity index is 225. The van der Waals surface area contributed by atoms with Gasteiger partial charge in [0.1, 0.15) is 0 Å². The van der Waals surface area contributed by atoms with Crippen LogP contribution in [0.15, 0.2) is 0 Å². The second kappa shape index (κ2) is 4.97. The number of nitrogens with zero attached hydrogens (tertiary/aromatic N) is 1. The number of halogens is 1. The number of hydrogen-bond acceptors (Lipinski definition) is 2. The minimum Gasteiger partial charge on any atom is -0.246 e. The molecule has 68 valence electrons. The van der Waals surface area contributed by atoms with E-state index in [2.05, 4.69) is 34.8 Å². The normalized spacial score (nSPS) is 10.6. The van der Waals surface area contributed by atoms with Gasteiger partial charge in [-0.2, -0.15) is 0 Å². The lowest BCUT2D eigenvalue weighted by Gasteiger charge is -1.92. The van der Waals surface area contributed by atoms with Gasteiger partial charge in [-0.3, -0.25) is 0 Å². The third-order valence-electron chi connectivity index (χ3n) is 1.85. The molecule has 1 aromatic rings. The summed E-state index contributed by atoms with van der Waals surface area (Å²) < 4.78 is 0. The maximum atomic E-state index is 4.49. The van der Waals surface area contributed by atoms with Crippen molar-refractivity contribution >= 4 is 27.3 Å². The van der Waals surface area contributed by atoms with Crippen molar-refractivity contribution in [3.63, 3.8) is 0 Å². The summed E-state index contributed by atoms with van der Waals surface area (Å²) >= 11 is 5.26. The predicted octanol–water partition coefficient (Wildman–Crippen LogP) is 3.48. The topological polar surface area (TPSA) is 12.9 Å². The lowest BCUT2D eigenvalue weighted by molar-refractivity contribution is 0.798. The molecule has 0 saturated heterocycles. The summed E-state index contributed by atoms with van der Waals surface area (Å²) in [5.74, 6) is 0. The number of hydrogen-bond donors (Lipinski definition) is 0. The molecule has 0 saturated carbocycles. The first-order valence-electron chi connectivity index (χ1n) is 4.23. The molecule has 0 aliphatic rings. The molecule has 0 bridgehead atoms. The fourth-order valence-corrected chi connectivity index (χ4v) is 2.39. The number of unbranched alkanes of at least 4 members (excludes halogenated alkanes) is 1. The molecule has 0 aliphatic carbocycles. The van der Waals surface area contributed by atoms with Crippen LogP contribution in [0.25, 0.3) is 0 Å². The zero-order valence-corrected chi connectivity index (χ0v) is 9.96. The highest BCUT2D eigenvalue weighted by Crippen LogP contribution is 2.18. The van der Waals surface area contributed by atoms with Crippen molar-refractivity contribution < 1.29 is 0 Å². The van der Waals surface area contributed by atoms with Crippen LogP contribution in [0, 0.1) is 13.8 Å². The lowest BCUT2D eigenvalue weighted by atomic mass is 10.3. The van der Waals surface area contributed by atoms with Crippen LogP contribution in [-0.2, 0) is 6.42 Å². The molecule has 0 amide bonds. The average molecular weight is 248 g/mol. The largest absolute Gasteiger partial charge is 0.246 e. The van der Waals surface area contributed by atoms with E-state index in [1.807, 2.05) is 11.3 Å². The Labute approximate surface area is 86.3 Å². The molecule has 12 heavy (non-hydrogen) atoms. The molecule has 0 spiro atoms. The Kier molecular flexibility index (Phi) is 4.22. The number of thiazole rings is 1. The minimum atomic E-state index is 1.11. The van der Waals surface area contributed by atoms with Crippen LogP contribution in [-0.4, -0.2) is 10.3 Å². The van der Waals surface area contributed by atoms with E-state index in [1.54, 1.807) is 0 Å². The Morgan fingerprint density at radius 3 is 2.58 bits per heavy atom. The zero-order chi connectivity index (χ0) is 8.97. The Balaban J connectivity index is 2.42. The summed E-state index contributed by atoms with van der Waals surface area (Å²) in [7, 11) is 0. The monoisotopic (exact) mass is 247 g/mol. The molecule has 1 rings (SSSR count). The van der Waals surface area contributed by atoms with Gasteiger partial charge in [-0.05, 0) is 33.1 Å². The molecule has 0 aromatic carbocycles. The first-order valence-corrected chi connectivity index (χ1v) is 6.16. The standard InChI is InChI=1S/C9H14BrNS/c1-7-8(2)12-9(11-7)5-3-4-6-10/h3-6H2,1-2H3. The number of aryl methyl sites for hydroxylation is 3. The van der Waals surface area contributed by atoms with Gasteiger partial charge in [0, 0.05) is 10.2 Å². The fraction of sp³-hybridized carbons (Fsp3) is 0.667. The molecular formula is C9H14BrNS. The van der Waals surface area contributed by atoms with E-state index < -0.39 is 0 Å². The van der Waals surface area contributed by atoms with Crippen LogP contribution < -0.4 is 0 Å². The number of rotatable bonds is 4. The molecular weight excluding hydrogens is 234 g/mol. The van der Waals surface area contributed by atoms with Gasteiger partial charge in [0.05, 0.1) is 10.7 Å². The Morgan fingerprint density at radius 2 is 2.08 bits per heavy atom. The maximum Gasteiger partial charge on any atom is 0.0930 e. The third kappa shape index (κ3) is 2.87. The van der Waals surface area contributed by atoms with Crippen LogP contribution in [0.4, 0.5) is 0 Å². The van der Waals surface area contributed by atoms with Crippen molar-refractivity contribution in [3.05, 3.63) is 15.6 Å². The van der Waals surface area contributed by atoms with Crippen molar-refractivity contribution in [1.29, 1.82) is 0 Å². The van der Waals surface area contributed by atoms with Crippen molar-refractivity contribution in [2.45, 2.75) is 33.1 Å². The summed E-state index contributed by atoms with van der Waals surface area (Å²) in [5, 5.41) is 2.40. The summed E-state index contributed by atoms with van der Waals surface area (Å²) in [4.78, 5) is 5.85. The predicted molar refractivity (Wildman–Crippen MR) is 58.3 cm³/mol. The summed E-state index contributed by atoms with van der Waals surface area (Å²) in [6, 6.07) is 0. The van der Waals surface area contributed by atoms with Gasteiger partial charge in [-0.1, -0.05) is 15.9 Å². The second-order valence-corrected chi connectivity index (χ2v) is 4.98. The van der Waals surface area contributed by atoms with Crippen molar-refractivity contribution in [1.82, 2.24) is 4.98 Å². The molecule has 0 radical (unpaired) electrons. The van der Waals surface area contributed by atoms with Gasteiger partial charge in [0.15, 0.2) is 0 Å². The first-order chi connectivity index (χ1) is 5.74. The van der Waals surface area contributed by atoms with E-state index in [1.165, 1.54) is 28.4 Å². The first kappa shape index (κ1) is 10.2. The molecule has 1 aromatic heterocycles. The second-order valence-electron chi connectivity index (χ2n) is 2.90. The smallest absolute Gasteiger partial charge is 0.0930 e. The minimum absolute atomic E-state index is 1.11. The van der Waals surface area contributed by atoms with Crippen LogP contribution in [0.3, 0.4) is 0 Å². The van der Waals surface area contributed by atoms with Gasteiger partial charge in [0.25, 0.3) is 0 Å². The zero-order valence-electron chi connectivity index (χ0n) is 7.56. The molecule has 0 atom stereocenters. The van der Waals surface area contributed by atoms with Gasteiger partial charge >= 0.3 is 0 Å². The molecule has 1 nitrogen and oxygen atoms in total. The quantitative estimate of drug-likeness (QED) is 0.587. The van der Waals surface area contributed by atoms with Crippen molar-refractivity contribution in [2.24, 2.45) is 0 Å². The van der Waals surface area contributed by atoms with E-state index in [4.69, 9.17) is 0 Å². The van der Waals surface area contributed by atoms with Crippen molar-refractivity contribution in [2.75, 3.05) is 5.33 Å². The van der Waals surface area contributed by atoms with Gasteiger partial charge in [-0.25, -0.2) is 4.98 Å². The van der Waals surface area contributed by atoms with Gasteiger partial charge < -0.3 is 0 Å². The SMILES string of the molecule is Cc1nc(CCCCBr)sc1C. The lowest BCUT2D eigenvalue weighted by Crippen LogP contribution is -1.84. The van der Waals surface area contributed by atoms with Crippen molar-refractivity contribution in [3.8, 4) is 0 Å². The van der Waals surface area contributed by atoms with E-state index in [0.29, 0.717) is 0 Å².